The molecule has 0 bridgehead atoms. The smallest absolute Gasteiger partial charge is 0.255 e. The van der Waals surface area contributed by atoms with Crippen molar-refractivity contribution in [3.63, 3.8) is 0 Å². The van der Waals surface area contributed by atoms with Crippen LogP contribution in [0.2, 0.25) is 5.02 Å². The van der Waals surface area contributed by atoms with E-state index in [1.54, 1.807) is 25.3 Å². The Bertz CT molecular complexity index is 668. The number of carbonyl (C=O) groups is 1. The lowest BCUT2D eigenvalue weighted by molar-refractivity contribution is 0.102. The summed E-state index contributed by atoms with van der Waals surface area (Å²) in [6, 6.07) is 11.0. The van der Waals surface area contributed by atoms with E-state index in [4.69, 9.17) is 16.3 Å². The maximum absolute atomic E-state index is 12.4. The number of hydrogen-bond donors (Lipinski definition) is 1. The van der Waals surface area contributed by atoms with Gasteiger partial charge < -0.3 is 10.1 Å². The van der Waals surface area contributed by atoms with Gasteiger partial charge in [0.2, 0.25) is 0 Å². The summed E-state index contributed by atoms with van der Waals surface area (Å²) in [5.41, 5.74) is 3.54. The first-order valence-electron chi connectivity index (χ1n) is 6.80. The van der Waals surface area contributed by atoms with Gasteiger partial charge in [-0.1, -0.05) is 36.7 Å². The van der Waals surface area contributed by atoms with Crippen LogP contribution in [0.25, 0.3) is 0 Å². The zero-order valence-electron chi connectivity index (χ0n) is 12.4. The third-order valence-electron chi connectivity index (χ3n) is 3.39. The first-order chi connectivity index (χ1) is 10.1. The summed E-state index contributed by atoms with van der Waals surface area (Å²) in [6.07, 6.45) is 0.862. The molecule has 0 spiro atoms. The van der Waals surface area contributed by atoms with Gasteiger partial charge in [0.05, 0.1) is 12.1 Å². The van der Waals surface area contributed by atoms with E-state index in [0.29, 0.717) is 16.3 Å². The number of nitrogens with one attached hydrogen (secondary N) is 1. The van der Waals surface area contributed by atoms with Crippen LogP contribution in [-0.2, 0) is 6.42 Å². The minimum Gasteiger partial charge on any atom is -0.495 e. The van der Waals surface area contributed by atoms with E-state index in [1.807, 2.05) is 25.1 Å². The molecular weight excluding hydrogens is 286 g/mol. The van der Waals surface area contributed by atoms with Crippen molar-refractivity contribution >= 4 is 23.2 Å². The van der Waals surface area contributed by atoms with Gasteiger partial charge in [0, 0.05) is 11.3 Å². The van der Waals surface area contributed by atoms with Crippen LogP contribution >= 0.6 is 11.6 Å². The number of amides is 1. The third-order valence-corrected chi connectivity index (χ3v) is 3.69. The highest BCUT2D eigenvalue weighted by Gasteiger charge is 2.12. The van der Waals surface area contributed by atoms with Crippen LogP contribution in [0.1, 0.15) is 28.4 Å². The van der Waals surface area contributed by atoms with Crippen molar-refractivity contribution in [2.75, 3.05) is 12.4 Å². The number of para-hydroxylation sites is 1. The molecule has 0 radical (unpaired) electrons. The fourth-order valence-electron chi connectivity index (χ4n) is 2.20. The quantitative estimate of drug-likeness (QED) is 0.905. The lowest BCUT2D eigenvalue weighted by Gasteiger charge is -2.13. The number of hydrogen-bond acceptors (Lipinski definition) is 2. The van der Waals surface area contributed by atoms with Crippen molar-refractivity contribution in [2.24, 2.45) is 0 Å². The Labute approximate surface area is 129 Å². The van der Waals surface area contributed by atoms with E-state index >= 15 is 0 Å². The minimum atomic E-state index is -0.177. The highest BCUT2D eigenvalue weighted by molar-refractivity contribution is 6.32. The van der Waals surface area contributed by atoms with E-state index in [2.05, 4.69) is 12.2 Å². The van der Waals surface area contributed by atoms with Crippen LogP contribution in [0.5, 0.6) is 5.75 Å². The fraction of sp³-hybridized carbons (Fsp3) is 0.235. The molecular formula is C17H18ClNO2. The molecule has 1 amide bonds. The van der Waals surface area contributed by atoms with E-state index in [-0.39, 0.29) is 5.91 Å². The number of halogens is 1. The first-order valence-corrected chi connectivity index (χ1v) is 7.18. The lowest BCUT2D eigenvalue weighted by Crippen LogP contribution is -2.14. The zero-order valence-corrected chi connectivity index (χ0v) is 13.1. The number of anilines is 1. The Balaban J connectivity index is 2.28. The van der Waals surface area contributed by atoms with Crippen LogP contribution < -0.4 is 10.1 Å². The Hall–Kier alpha value is -2.00. The number of benzene rings is 2. The average Bonchev–Trinajstić information content (AvgIpc) is 2.49. The van der Waals surface area contributed by atoms with E-state index < -0.39 is 0 Å². The maximum atomic E-state index is 12.4. The third kappa shape index (κ3) is 3.37. The number of ether oxygens (including phenoxy) is 1. The predicted octanol–water partition coefficient (Wildman–Crippen LogP) is 4.47. The number of carbonyl (C=O) groups excluding carboxylic acids is 1. The van der Waals surface area contributed by atoms with Gasteiger partial charge in [0.25, 0.3) is 5.91 Å². The Morgan fingerprint density at radius 3 is 2.67 bits per heavy atom. The number of aryl methyl sites for hydroxylation is 2. The van der Waals surface area contributed by atoms with Gasteiger partial charge in [-0.25, -0.2) is 0 Å². The normalized spacial score (nSPS) is 10.3. The van der Waals surface area contributed by atoms with Crippen LogP contribution in [0, 0.1) is 6.92 Å². The van der Waals surface area contributed by atoms with Crippen molar-refractivity contribution in [1.29, 1.82) is 0 Å². The summed E-state index contributed by atoms with van der Waals surface area (Å²) in [4.78, 5) is 12.4. The summed E-state index contributed by atoms with van der Waals surface area (Å²) in [5, 5.41) is 3.39. The van der Waals surface area contributed by atoms with Crippen LogP contribution in [0.4, 0.5) is 5.69 Å². The van der Waals surface area contributed by atoms with E-state index in [9.17, 15) is 4.79 Å². The Kier molecular flexibility index (Phi) is 4.86. The van der Waals surface area contributed by atoms with Crippen LogP contribution in [0.15, 0.2) is 36.4 Å². The molecule has 0 heterocycles. The second-order valence-corrected chi connectivity index (χ2v) is 5.17. The summed E-state index contributed by atoms with van der Waals surface area (Å²) < 4.78 is 5.09. The minimum absolute atomic E-state index is 0.177. The monoisotopic (exact) mass is 303 g/mol. The molecule has 2 rings (SSSR count). The average molecular weight is 304 g/mol. The van der Waals surface area contributed by atoms with Gasteiger partial charge in [-0.2, -0.15) is 0 Å². The van der Waals surface area contributed by atoms with Crippen molar-refractivity contribution in [3.8, 4) is 5.75 Å². The van der Waals surface area contributed by atoms with Gasteiger partial charge >= 0.3 is 0 Å². The van der Waals surface area contributed by atoms with Crippen molar-refractivity contribution < 1.29 is 9.53 Å². The molecule has 3 nitrogen and oxygen atoms in total. The maximum Gasteiger partial charge on any atom is 0.255 e. The van der Waals surface area contributed by atoms with Gasteiger partial charge in [-0.3, -0.25) is 4.79 Å². The first kappa shape index (κ1) is 15.4. The molecule has 110 valence electrons. The molecule has 0 fully saturated rings. The van der Waals surface area contributed by atoms with Crippen LogP contribution in [-0.4, -0.2) is 13.0 Å². The zero-order chi connectivity index (χ0) is 15.4. The predicted molar refractivity (Wildman–Crippen MR) is 86.5 cm³/mol. The summed E-state index contributed by atoms with van der Waals surface area (Å²) in [5.74, 6) is 0.377. The van der Waals surface area contributed by atoms with E-state index in [0.717, 1.165) is 23.2 Å². The lowest BCUT2D eigenvalue weighted by atomic mass is 10.1. The molecule has 0 aliphatic carbocycles. The molecule has 0 atom stereocenters. The molecule has 4 heteroatoms. The molecule has 0 aliphatic rings. The molecule has 2 aromatic rings. The molecule has 0 aromatic heterocycles. The second-order valence-electron chi connectivity index (χ2n) is 4.77. The summed E-state index contributed by atoms with van der Waals surface area (Å²) >= 11 is 6.06. The summed E-state index contributed by atoms with van der Waals surface area (Å²) in [6.45, 7) is 4.05. The van der Waals surface area contributed by atoms with Crippen molar-refractivity contribution in [1.82, 2.24) is 0 Å². The highest BCUT2D eigenvalue weighted by Crippen LogP contribution is 2.26. The molecule has 2 aromatic carbocycles. The topological polar surface area (TPSA) is 38.3 Å². The number of methoxy groups -OCH3 is 1. The highest BCUT2D eigenvalue weighted by atomic mass is 35.5. The van der Waals surface area contributed by atoms with Gasteiger partial charge in [-0.05, 0) is 42.7 Å². The van der Waals surface area contributed by atoms with Crippen molar-refractivity contribution in [3.05, 3.63) is 58.1 Å². The second kappa shape index (κ2) is 6.64. The van der Waals surface area contributed by atoms with E-state index in [1.165, 1.54) is 0 Å². The van der Waals surface area contributed by atoms with Crippen LogP contribution in [0.3, 0.4) is 0 Å². The molecule has 21 heavy (non-hydrogen) atoms. The van der Waals surface area contributed by atoms with Crippen molar-refractivity contribution in [2.45, 2.75) is 20.3 Å². The fourth-order valence-corrected chi connectivity index (χ4v) is 2.45. The Morgan fingerprint density at radius 1 is 1.29 bits per heavy atom. The molecule has 0 saturated carbocycles. The molecule has 0 aliphatic heterocycles. The molecule has 0 unspecified atom stereocenters. The standard InChI is InChI=1S/C17H18ClNO2/c1-4-12-7-5-6-11(2)16(12)19-17(20)13-8-9-15(21-3)14(18)10-13/h5-10H,4H2,1-3H3,(H,19,20). The SMILES string of the molecule is CCc1cccc(C)c1NC(=O)c1ccc(OC)c(Cl)c1. The molecule has 0 saturated heterocycles. The Morgan fingerprint density at radius 2 is 2.05 bits per heavy atom. The largest absolute Gasteiger partial charge is 0.495 e. The number of rotatable bonds is 4. The van der Waals surface area contributed by atoms with Gasteiger partial charge in [0.1, 0.15) is 5.75 Å². The van der Waals surface area contributed by atoms with Gasteiger partial charge in [0.15, 0.2) is 0 Å². The molecule has 1 N–H and O–H groups in total. The summed E-state index contributed by atoms with van der Waals surface area (Å²) in [7, 11) is 1.54. The van der Waals surface area contributed by atoms with Gasteiger partial charge in [-0.15, -0.1) is 0 Å².